The van der Waals surface area contributed by atoms with Crippen molar-refractivity contribution in [2.45, 2.75) is 0 Å². The molecule has 9 aromatic rings. The van der Waals surface area contributed by atoms with Gasteiger partial charge in [0.2, 0.25) is 0 Å². The van der Waals surface area contributed by atoms with Crippen molar-refractivity contribution in [3.63, 3.8) is 0 Å². The van der Waals surface area contributed by atoms with Gasteiger partial charge in [0.25, 0.3) is 0 Å². The first-order valence-electron chi connectivity index (χ1n) is 13.2. The van der Waals surface area contributed by atoms with Crippen LogP contribution >= 0.6 is 11.3 Å². The fraction of sp³-hybridized carbons (Fsp3) is 0. The van der Waals surface area contributed by atoms with Crippen LogP contribution in [0, 0.1) is 0 Å². The van der Waals surface area contributed by atoms with Gasteiger partial charge in [0.05, 0.1) is 38.7 Å². The van der Waals surface area contributed by atoms with E-state index in [0.717, 1.165) is 5.69 Å². The number of pyridine rings is 1. The lowest BCUT2D eigenvalue weighted by Gasteiger charge is -2.11. The molecular formula is C35H21N3S. The molecule has 0 aliphatic rings. The van der Waals surface area contributed by atoms with Crippen LogP contribution in [-0.4, -0.2) is 14.1 Å². The van der Waals surface area contributed by atoms with Crippen molar-refractivity contribution in [2.24, 2.45) is 0 Å². The van der Waals surface area contributed by atoms with Gasteiger partial charge in [-0.3, -0.25) is 4.98 Å². The summed E-state index contributed by atoms with van der Waals surface area (Å²) in [4.78, 5) is 4.52. The van der Waals surface area contributed by atoms with Crippen molar-refractivity contribution in [2.75, 3.05) is 0 Å². The van der Waals surface area contributed by atoms with Crippen LogP contribution in [-0.2, 0) is 0 Å². The minimum Gasteiger partial charge on any atom is -0.309 e. The summed E-state index contributed by atoms with van der Waals surface area (Å²) in [6, 6.07) is 41.5. The van der Waals surface area contributed by atoms with Crippen molar-refractivity contribution in [3.8, 4) is 11.4 Å². The van der Waals surface area contributed by atoms with E-state index in [0.29, 0.717) is 0 Å². The molecule has 9 rings (SSSR count). The molecule has 4 heteroatoms. The van der Waals surface area contributed by atoms with Crippen molar-refractivity contribution >= 4 is 75.1 Å². The quantitative estimate of drug-likeness (QED) is 0.225. The van der Waals surface area contributed by atoms with Crippen molar-refractivity contribution < 1.29 is 0 Å². The molecule has 0 aliphatic heterocycles. The highest BCUT2D eigenvalue weighted by Gasteiger charge is 2.26. The third kappa shape index (κ3) is 2.73. The largest absolute Gasteiger partial charge is 0.309 e. The lowest BCUT2D eigenvalue weighted by molar-refractivity contribution is 1.15. The van der Waals surface area contributed by atoms with Gasteiger partial charge in [0, 0.05) is 48.9 Å². The highest BCUT2D eigenvalue weighted by Crippen LogP contribution is 2.50. The average molecular weight is 516 g/mol. The molecule has 5 aromatic carbocycles. The van der Waals surface area contributed by atoms with E-state index in [2.05, 4.69) is 123 Å². The maximum absolute atomic E-state index is 4.52. The summed E-state index contributed by atoms with van der Waals surface area (Å²) in [6.07, 6.45) is 3.82. The zero-order valence-electron chi connectivity index (χ0n) is 20.9. The molecular weight excluding hydrogens is 494 g/mol. The normalized spacial score (nSPS) is 12.1. The standard InChI is InChI=1S/C35H21N3S/c1-2-11-22(12-3-1)37-27-17-7-4-14-24(27)30-31-26-16-6-9-19-29(26)39-35(31)34-32(33(30)37)25-15-5-8-18-28(25)38(34)23-13-10-20-36-21-23/h1-21H. The maximum Gasteiger partial charge on any atom is 0.0742 e. The fourth-order valence-corrected chi connectivity index (χ4v) is 7.73. The van der Waals surface area contributed by atoms with Crippen LogP contribution in [0.2, 0.25) is 0 Å². The number of fused-ring (bicyclic) bond motifs is 12. The second kappa shape index (κ2) is 7.79. The van der Waals surface area contributed by atoms with Crippen LogP contribution in [0.25, 0.3) is 75.2 Å². The molecule has 0 saturated heterocycles. The van der Waals surface area contributed by atoms with Crippen LogP contribution in [0.4, 0.5) is 0 Å². The lowest BCUT2D eigenvalue weighted by Crippen LogP contribution is -1.96. The van der Waals surface area contributed by atoms with E-state index < -0.39 is 0 Å². The van der Waals surface area contributed by atoms with E-state index in [4.69, 9.17) is 0 Å². The van der Waals surface area contributed by atoms with E-state index in [1.54, 1.807) is 0 Å². The summed E-state index contributed by atoms with van der Waals surface area (Å²) in [5, 5.41) is 7.78. The minimum absolute atomic E-state index is 1.07. The molecule has 182 valence electrons. The number of para-hydroxylation sites is 3. The van der Waals surface area contributed by atoms with Crippen LogP contribution in [0.3, 0.4) is 0 Å². The molecule has 3 nitrogen and oxygen atoms in total. The van der Waals surface area contributed by atoms with Crippen molar-refractivity contribution in [1.82, 2.24) is 14.1 Å². The number of thiophene rings is 1. The van der Waals surface area contributed by atoms with Crippen LogP contribution in [0.1, 0.15) is 0 Å². The summed E-state index contributed by atoms with van der Waals surface area (Å²) in [6.45, 7) is 0. The van der Waals surface area contributed by atoms with Gasteiger partial charge in [-0.1, -0.05) is 72.8 Å². The van der Waals surface area contributed by atoms with E-state index in [9.17, 15) is 0 Å². The highest BCUT2D eigenvalue weighted by atomic mass is 32.1. The van der Waals surface area contributed by atoms with Crippen molar-refractivity contribution in [3.05, 3.63) is 128 Å². The topological polar surface area (TPSA) is 22.8 Å². The van der Waals surface area contributed by atoms with E-state index in [1.165, 1.54) is 69.5 Å². The Morgan fingerprint density at radius 3 is 1.85 bits per heavy atom. The molecule has 0 spiro atoms. The molecule has 39 heavy (non-hydrogen) atoms. The van der Waals surface area contributed by atoms with Gasteiger partial charge in [0.1, 0.15) is 0 Å². The second-order valence-corrected chi connectivity index (χ2v) is 11.1. The summed E-state index contributed by atoms with van der Waals surface area (Å²) in [7, 11) is 0. The minimum atomic E-state index is 1.07. The molecule has 0 unspecified atom stereocenters. The van der Waals surface area contributed by atoms with Crippen LogP contribution in [0.5, 0.6) is 0 Å². The molecule has 4 aromatic heterocycles. The Hall–Kier alpha value is -4.93. The maximum atomic E-state index is 4.52. The number of nitrogens with zero attached hydrogens (tertiary/aromatic N) is 3. The van der Waals surface area contributed by atoms with E-state index in [-0.39, 0.29) is 0 Å². The first-order chi connectivity index (χ1) is 19.4. The zero-order valence-corrected chi connectivity index (χ0v) is 21.7. The van der Waals surface area contributed by atoms with Gasteiger partial charge in [0.15, 0.2) is 0 Å². The Bertz CT molecular complexity index is 2370. The number of benzene rings is 5. The highest BCUT2D eigenvalue weighted by molar-refractivity contribution is 7.27. The predicted molar refractivity (Wildman–Crippen MR) is 166 cm³/mol. The molecule has 0 aliphatic carbocycles. The Labute approximate surface area is 227 Å². The summed E-state index contributed by atoms with van der Waals surface area (Å²) < 4.78 is 7.51. The number of hydrogen-bond acceptors (Lipinski definition) is 2. The molecule has 0 radical (unpaired) electrons. The average Bonchev–Trinajstić information content (AvgIpc) is 3.66. The Morgan fingerprint density at radius 1 is 0.487 bits per heavy atom. The van der Waals surface area contributed by atoms with Gasteiger partial charge in [-0.05, 0) is 42.5 Å². The molecule has 0 N–H and O–H groups in total. The molecule has 0 fully saturated rings. The van der Waals surface area contributed by atoms with Crippen LogP contribution < -0.4 is 0 Å². The van der Waals surface area contributed by atoms with E-state index in [1.807, 2.05) is 29.8 Å². The number of rotatable bonds is 2. The van der Waals surface area contributed by atoms with Gasteiger partial charge in [-0.25, -0.2) is 0 Å². The monoisotopic (exact) mass is 515 g/mol. The van der Waals surface area contributed by atoms with Gasteiger partial charge < -0.3 is 9.13 Å². The van der Waals surface area contributed by atoms with Gasteiger partial charge in [-0.2, -0.15) is 0 Å². The second-order valence-electron chi connectivity index (χ2n) is 10.0. The predicted octanol–water partition coefficient (Wildman–Crippen LogP) is 9.64. The molecule has 0 bridgehead atoms. The first kappa shape index (κ1) is 21.1. The zero-order chi connectivity index (χ0) is 25.5. The Kier molecular flexibility index (Phi) is 4.21. The third-order valence-electron chi connectivity index (χ3n) is 7.97. The van der Waals surface area contributed by atoms with Crippen molar-refractivity contribution in [1.29, 1.82) is 0 Å². The summed E-state index contributed by atoms with van der Waals surface area (Å²) >= 11 is 1.89. The molecule has 0 atom stereocenters. The summed E-state index contributed by atoms with van der Waals surface area (Å²) in [5.41, 5.74) is 7.16. The van der Waals surface area contributed by atoms with E-state index >= 15 is 0 Å². The Morgan fingerprint density at radius 2 is 1.10 bits per heavy atom. The number of hydrogen-bond donors (Lipinski definition) is 0. The molecule has 0 saturated carbocycles. The third-order valence-corrected chi connectivity index (χ3v) is 9.14. The molecule has 0 amide bonds. The smallest absolute Gasteiger partial charge is 0.0742 e. The van der Waals surface area contributed by atoms with Crippen LogP contribution in [0.15, 0.2) is 128 Å². The first-order valence-corrected chi connectivity index (χ1v) is 14.0. The van der Waals surface area contributed by atoms with Gasteiger partial charge >= 0.3 is 0 Å². The lowest BCUT2D eigenvalue weighted by atomic mass is 10.0. The fourth-order valence-electron chi connectivity index (χ4n) is 6.48. The molecule has 4 heterocycles. The number of aromatic nitrogens is 3. The summed E-state index contributed by atoms with van der Waals surface area (Å²) in [5.74, 6) is 0. The van der Waals surface area contributed by atoms with Gasteiger partial charge in [-0.15, -0.1) is 11.3 Å². The SMILES string of the molecule is c1ccc(-n2c3ccccc3c3c4c5ccccc5sc4c4c(c5ccccc5n4-c4cccnc4)c32)cc1. The Balaban J connectivity index is 1.70.